The van der Waals surface area contributed by atoms with Gasteiger partial charge in [0.1, 0.15) is 5.82 Å². The molecule has 0 aliphatic heterocycles. The van der Waals surface area contributed by atoms with Gasteiger partial charge < -0.3 is 14.6 Å². The number of benzene rings is 1. The maximum Gasteiger partial charge on any atom is 0.233 e. The summed E-state index contributed by atoms with van der Waals surface area (Å²) in [5.41, 5.74) is 1.18. The number of methoxy groups -OCH3 is 1. The van der Waals surface area contributed by atoms with E-state index < -0.39 is 0 Å². The van der Waals surface area contributed by atoms with Gasteiger partial charge in [-0.3, -0.25) is 4.79 Å². The highest BCUT2D eigenvalue weighted by molar-refractivity contribution is 8.00. The van der Waals surface area contributed by atoms with Crippen molar-refractivity contribution in [1.82, 2.24) is 20.1 Å². The standard InChI is InChI=1S/C16H22N4O2S/c1-12(15(21)17-9-10-22-3)23-16-19-18-13(2)20(16)11-14-7-5-4-6-8-14/h4-8,12H,9-11H2,1-3H3,(H,17,21)/t12-/m1/s1. The lowest BCUT2D eigenvalue weighted by molar-refractivity contribution is -0.120. The summed E-state index contributed by atoms with van der Waals surface area (Å²) in [5.74, 6) is 0.808. The normalized spacial score (nSPS) is 12.1. The fraction of sp³-hybridized carbons (Fsp3) is 0.438. The summed E-state index contributed by atoms with van der Waals surface area (Å²) in [4.78, 5) is 12.1. The average Bonchev–Trinajstić information content (AvgIpc) is 2.89. The van der Waals surface area contributed by atoms with Gasteiger partial charge in [-0.15, -0.1) is 10.2 Å². The molecule has 7 heteroatoms. The molecule has 1 amide bonds. The van der Waals surface area contributed by atoms with Crippen LogP contribution in [0, 0.1) is 6.92 Å². The lowest BCUT2D eigenvalue weighted by Crippen LogP contribution is -2.33. The van der Waals surface area contributed by atoms with Gasteiger partial charge in [0.2, 0.25) is 5.91 Å². The number of hydrogen-bond donors (Lipinski definition) is 1. The highest BCUT2D eigenvalue weighted by Gasteiger charge is 2.18. The summed E-state index contributed by atoms with van der Waals surface area (Å²) in [6.07, 6.45) is 0. The van der Waals surface area contributed by atoms with Crippen molar-refractivity contribution in [3.8, 4) is 0 Å². The maximum atomic E-state index is 12.1. The van der Waals surface area contributed by atoms with Gasteiger partial charge in [-0.25, -0.2) is 0 Å². The second-order valence-corrected chi connectivity index (χ2v) is 6.45. The highest BCUT2D eigenvalue weighted by Crippen LogP contribution is 2.23. The Labute approximate surface area is 140 Å². The third-order valence-electron chi connectivity index (χ3n) is 3.34. The molecule has 1 N–H and O–H groups in total. The van der Waals surface area contributed by atoms with Crippen molar-refractivity contribution in [2.75, 3.05) is 20.3 Å². The molecule has 23 heavy (non-hydrogen) atoms. The van der Waals surface area contributed by atoms with Gasteiger partial charge in [0.05, 0.1) is 18.4 Å². The first-order valence-corrected chi connectivity index (χ1v) is 8.36. The van der Waals surface area contributed by atoms with Crippen LogP contribution in [-0.4, -0.2) is 46.2 Å². The van der Waals surface area contributed by atoms with Crippen LogP contribution in [0.2, 0.25) is 0 Å². The number of aromatic nitrogens is 3. The van der Waals surface area contributed by atoms with Crippen molar-refractivity contribution in [3.05, 3.63) is 41.7 Å². The van der Waals surface area contributed by atoms with Crippen LogP contribution in [0.5, 0.6) is 0 Å². The van der Waals surface area contributed by atoms with Gasteiger partial charge in [0.25, 0.3) is 0 Å². The number of rotatable bonds is 8. The molecular formula is C16H22N4O2S. The molecule has 1 heterocycles. The lowest BCUT2D eigenvalue weighted by atomic mass is 10.2. The molecule has 0 saturated carbocycles. The van der Waals surface area contributed by atoms with E-state index in [-0.39, 0.29) is 11.2 Å². The predicted octanol–water partition coefficient (Wildman–Crippen LogP) is 1.88. The summed E-state index contributed by atoms with van der Waals surface area (Å²) in [6.45, 7) is 5.50. The first-order chi connectivity index (χ1) is 11.1. The van der Waals surface area contributed by atoms with E-state index in [0.29, 0.717) is 19.7 Å². The van der Waals surface area contributed by atoms with Crippen LogP contribution in [0.15, 0.2) is 35.5 Å². The van der Waals surface area contributed by atoms with Gasteiger partial charge >= 0.3 is 0 Å². The first-order valence-electron chi connectivity index (χ1n) is 7.49. The maximum absolute atomic E-state index is 12.1. The minimum Gasteiger partial charge on any atom is -0.383 e. The van der Waals surface area contributed by atoms with Crippen LogP contribution in [0.25, 0.3) is 0 Å². The van der Waals surface area contributed by atoms with Crippen LogP contribution < -0.4 is 5.32 Å². The molecule has 0 aliphatic rings. The molecule has 1 aromatic carbocycles. The molecular weight excluding hydrogens is 312 g/mol. The number of amides is 1. The summed E-state index contributed by atoms with van der Waals surface area (Å²) in [5, 5.41) is 11.7. The number of hydrogen-bond acceptors (Lipinski definition) is 5. The molecule has 2 rings (SSSR count). The van der Waals surface area contributed by atoms with Crippen molar-refractivity contribution in [2.24, 2.45) is 0 Å². The largest absolute Gasteiger partial charge is 0.383 e. The van der Waals surface area contributed by atoms with Gasteiger partial charge in [0, 0.05) is 13.7 Å². The van der Waals surface area contributed by atoms with Crippen LogP contribution in [0.4, 0.5) is 0 Å². The van der Waals surface area contributed by atoms with Crippen molar-refractivity contribution < 1.29 is 9.53 Å². The van der Waals surface area contributed by atoms with Crippen molar-refractivity contribution in [3.63, 3.8) is 0 Å². The van der Waals surface area contributed by atoms with Crippen molar-refractivity contribution in [2.45, 2.75) is 30.8 Å². The summed E-state index contributed by atoms with van der Waals surface area (Å²) >= 11 is 1.41. The van der Waals surface area contributed by atoms with E-state index in [1.54, 1.807) is 7.11 Å². The molecule has 0 saturated heterocycles. The molecule has 0 aliphatic carbocycles. The first kappa shape index (κ1) is 17.5. The number of carbonyl (C=O) groups is 1. The topological polar surface area (TPSA) is 69.0 Å². The molecule has 0 bridgehead atoms. The number of carbonyl (C=O) groups excluding carboxylic acids is 1. The third kappa shape index (κ3) is 5.07. The molecule has 1 atom stereocenters. The number of aryl methyl sites for hydroxylation is 1. The monoisotopic (exact) mass is 334 g/mol. The smallest absolute Gasteiger partial charge is 0.233 e. The van der Waals surface area contributed by atoms with E-state index in [1.807, 2.05) is 36.6 Å². The molecule has 0 radical (unpaired) electrons. The molecule has 0 spiro atoms. The fourth-order valence-corrected chi connectivity index (χ4v) is 2.95. The Morgan fingerprint density at radius 2 is 2.09 bits per heavy atom. The number of thioether (sulfide) groups is 1. The van der Waals surface area contributed by atoms with E-state index in [2.05, 4.69) is 27.6 Å². The Balaban J connectivity index is 2.01. The van der Waals surface area contributed by atoms with Crippen LogP contribution in [0.3, 0.4) is 0 Å². The molecule has 0 unspecified atom stereocenters. The highest BCUT2D eigenvalue weighted by atomic mass is 32.2. The molecule has 2 aromatic rings. The second-order valence-electron chi connectivity index (χ2n) is 5.15. The zero-order chi connectivity index (χ0) is 16.7. The fourth-order valence-electron chi connectivity index (χ4n) is 2.03. The Bertz CT molecular complexity index is 630. The van der Waals surface area contributed by atoms with Crippen LogP contribution >= 0.6 is 11.8 Å². The number of nitrogens with one attached hydrogen (secondary N) is 1. The zero-order valence-electron chi connectivity index (χ0n) is 13.7. The van der Waals surface area contributed by atoms with E-state index in [9.17, 15) is 4.79 Å². The molecule has 124 valence electrons. The molecule has 1 aromatic heterocycles. The van der Waals surface area contributed by atoms with Gasteiger partial charge in [-0.2, -0.15) is 0 Å². The SMILES string of the molecule is COCCNC(=O)[C@@H](C)Sc1nnc(C)n1Cc1ccccc1. The molecule has 6 nitrogen and oxygen atoms in total. The minimum absolute atomic E-state index is 0.0287. The average molecular weight is 334 g/mol. The third-order valence-corrected chi connectivity index (χ3v) is 4.42. The number of ether oxygens (including phenoxy) is 1. The summed E-state index contributed by atoms with van der Waals surface area (Å²) < 4.78 is 6.96. The summed E-state index contributed by atoms with van der Waals surface area (Å²) in [6, 6.07) is 10.1. The Kier molecular flexibility index (Phi) is 6.61. The van der Waals surface area contributed by atoms with E-state index >= 15 is 0 Å². The quantitative estimate of drug-likeness (QED) is 0.590. The number of nitrogens with zero attached hydrogens (tertiary/aromatic N) is 3. The van der Waals surface area contributed by atoms with E-state index in [1.165, 1.54) is 17.3 Å². The Morgan fingerprint density at radius 1 is 1.35 bits per heavy atom. The predicted molar refractivity (Wildman–Crippen MR) is 90.5 cm³/mol. The van der Waals surface area contributed by atoms with E-state index in [0.717, 1.165) is 11.0 Å². The second kappa shape index (κ2) is 8.69. The van der Waals surface area contributed by atoms with Gasteiger partial charge in [-0.1, -0.05) is 42.1 Å². The Morgan fingerprint density at radius 3 is 2.78 bits per heavy atom. The van der Waals surface area contributed by atoms with Gasteiger partial charge in [0.15, 0.2) is 5.16 Å². The minimum atomic E-state index is -0.245. The van der Waals surface area contributed by atoms with Crippen molar-refractivity contribution in [1.29, 1.82) is 0 Å². The molecule has 0 fully saturated rings. The van der Waals surface area contributed by atoms with E-state index in [4.69, 9.17) is 4.74 Å². The van der Waals surface area contributed by atoms with Crippen LogP contribution in [-0.2, 0) is 16.1 Å². The lowest BCUT2D eigenvalue weighted by Gasteiger charge is -2.13. The van der Waals surface area contributed by atoms with Crippen molar-refractivity contribution >= 4 is 17.7 Å². The van der Waals surface area contributed by atoms with Gasteiger partial charge in [-0.05, 0) is 19.4 Å². The zero-order valence-corrected chi connectivity index (χ0v) is 14.5. The Hall–Kier alpha value is -1.86. The van der Waals surface area contributed by atoms with Crippen LogP contribution in [0.1, 0.15) is 18.3 Å². The summed E-state index contributed by atoms with van der Waals surface area (Å²) in [7, 11) is 1.61.